The molecule has 0 aromatic heterocycles. The van der Waals surface area contributed by atoms with Gasteiger partial charge in [0.05, 0.1) is 24.8 Å². The molecular formula is C32H37ClFN3O6S. The fourth-order valence-electron chi connectivity index (χ4n) is 5.34. The van der Waals surface area contributed by atoms with Gasteiger partial charge >= 0.3 is 0 Å². The van der Waals surface area contributed by atoms with E-state index in [-0.39, 0.29) is 41.2 Å². The van der Waals surface area contributed by atoms with Gasteiger partial charge in [0.1, 0.15) is 18.4 Å². The fourth-order valence-corrected chi connectivity index (χ4v) is 6.96. The summed E-state index contributed by atoms with van der Waals surface area (Å²) in [6, 6.07) is 15.0. The van der Waals surface area contributed by atoms with Gasteiger partial charge < -0.3 is 19.7 Å². The van der Waals surface area contributed by atoms with E-state index in [4.69, 9.17) is 21.1 Å². The lowest BCUT2D eigenvalue weighted by Crippen LogP contribution is -2.53. The Hall–Kier alpha value is -3.83. The number of hydrogen-bond acceptors (Lipinski definition) is 6. The van der Waals surface area contributed by atoms with Gasteiger partial charge in [0.2, 0.25) is 11.8 Å². The average molecular weight is 646 g/mol. The first kappa shape index (κ1) is 33.1. The predicted molar refractivity (Wildman–Crippen MR) is 167 cm³/mol. The molecular weight excluding hydrogens is 609 g/mol. The van der Waals surface area contributed by atoms with Crippen LogP contribution in [0.5, 0.6) is 11.5 Å². The van der Waals surface area contributed by atoms with Crippen LogP contribution in [0.4, 0.5) is 10.1 Å². The maximum atomic E-state index is 14.2. The number of carbonyl (C=O) groups excluding carboxylic acids is 2. The summed E-state index contributed by atoms with van der Waals surface area (Å²) in [5, 5.41) is 3.48. The highest BCUT2D eigenvalue weighted by atomic mass is 35.5. The van der Waals surface area contributed by atoms with Crippen molar-refractivity contribution in [3.63, 3.8) is 0 Å². The quantitative estimate of drug-likeness (QED) is 0.261. The topological polar surface area (TPSA) is 105 Å². The number of halogens is 2. The van der Waals surface area contributed by atoms with E-state index in [1.807, 2.05) is 0 Å². The summed E-state index contributed by atoms with van der Waals surface area (Å²) in [6.45, 7) is 1.10. The molecule has 1 atom stereocenters. The Morgan fingerprint density at radius 2 is 1.66 bits per heavy atom. The van der Waals surface area contributed by atoms with E-state index in [0.29, 0.717) is 16.3 Å². The highest BCUT2D eigenvalue weighted by molar-refractivity contribution is 7.92. The van der Waals surface area contributed by atoms with Crippen LogP contribution in [0.25, 0.3) is 0 Å². The summed E-state index contributed by atoms with van der Waals surface area (Å²) in [4.78, 5) is 29.0. The van der Waals surface area contributed by atoms with Crippen molar-refractivity contribution in [2.24, 2.45) is 0 Å². The van der Waals surface area contributed by atoms with Crippen LogP contribution >= 0.6 is 11.6 Å². The van der Waals surface area contributed by atoms with Crippen LogP contribution in [-0.4, -0.2) is 58.0 Å². The minimum atomic E-state index is -4.40. The van der Waals surface area contributed by atoms with Crippen molar-refractivity contribution in [2.75, 3.05) is 25.1 Å². The van der Waals surface area contributed by atoms with Gasteiger partial charge in [0.25, 0.3) is 10.0 Å². The van der Waals surface area contributed by atoms with E-state index in [2.05, 4.69) is 5.32 Å². The number of sulfonamides is 1. The number of rotatable bonds is 13. The summed E-state index contributed by atoms with van der Waals surface area (Å²) < 4.78 is 53.6. The SMILES string of the molecule is CC[C@@H](C(=O)NC1CCCC1)N(Cc1ccccc1Cl)C(=O)CN(c1ccc(F)cc1)S(=O)(=O)c1ccc(OC)c(OC)c1. The van der Waals surface area contributed by atoms with Gasteiger partial charge in [-0.2, -0.15) is 0 Å². The molecule has 3 aromatic rings. The third-order valence-electron chi connectivity index (χ3n) is 7.72. The molecule has 0 saturated heterocycles. The minimum Gasteiger partial charge on any atom is -0.493 e. The fraction of sp³-hybridized carbons (Fsp3) is 0.375. The molecule has 0 spiro atoms. The third kappa shape index (κ3) is 7.62. The zero-order chi connectivity index (χ0) is 31.9. The van der Waals surface area contributed by atoms with Crippen molar-refractivity contribution in [1.82, 2.24) is 10.2 Å². The van der Waals surface area contributed by atoms with Crippen LogP contribution in [0.3, 0.4) is 0 Å². The predicted octanol–water partition coefficient (Wildman–Crippen LogP) is 5.56. The number of ether oxygens (including phenoxy) is 2. The molecule has 1 fully saturated rings. The van der Waals surface area contributed by atoms with E-state index < -0.39 is 34.3 Å². The number of methoxy groups -OCH3 is 2. The highest BCUT2D eigenvalue weighted by Gasteiger charge is 2.35. The first-order chi connectivity index (χ1) is 21.1. The molecule has 44 heavy (non-hydrogen) atoms. The maximum Gasteiger partial charge on any atom is 0.264 e. The van der Waals surface area contributed by atoms with E-state index in [1.54, 1.807) is 31.2 Å². The molecule has 3 aromatic carbocycles. The maximum absolute atomic E-state index is 14.2. The first-order valence-electron chi connectivity index (χ1n) is 14.4. The van der Waals surface area contributed by atoms with Crippen molar-refractivity contribution in [3.05, 3.63) is 83.1 Å². The summed E-state index contributed by atoms with van der Waals surface area (Å²) in [5.41, 5.74) is 0.668. The molecule has 1 aliphatic carbocycles. The molecule has 0 unspecified atom stereocenters. The highest BCUT2D eigenvalue weighted by Crippen LogP contribution is 2.33. The van der Waals surface area contributed by atoms with Crippen LogP contribution in [0.1, 0.15) is 44.6 Å². The number of amides is 2. The number of carbonyl (C=O) groups is 2. The van der Waals surface area contributed by atoms with Gasteiger partial charge in [-0.1, -0.05) is 49.6 Å². The second-order valence-corrected chi connectivity index (χ2v) is 12.8. The Kier molecular flexibility index (Phi) is 11.1. The van der Waals surface area contributed by atoms with Crippen molar-refractivity contribution in [3.8, 4) is 11.5 Å². The smallest absolute Gasteiger partial charge is 0.264 e. The molecule has 1 N–H and O–H groups in total. The molecule has 236 valence electrons. The second-order valence-electron chi connectivity index (χ2n) is 10.5. The summed E-state index contributed by atoms with van der Waals surface area (Å²) >= 11 is 6.46. The van der Waals surface area contributed by atoms with Gasteiger partial charge in [0.15, 0.2) is 11.5 Å². The molecule has 1 saturated carbocycles. The molecule has 12 heteroatoms. The number of nitrogens with zero attached hydrogens (tertiary/aromatic N) is 2. The Morgan fingerprint density at radius 3 is 2.27 bits per heavy atom. The Balaban J connectivity index is 1.75. The van der Waals surface area contributed by atoms with Crippen LogP contribution in [-0.2, 0) is 26.2 Å². The number of benzene rings is 3. The van der Waals surface area contributed by atoms with Crippen LogP contribution in [0, 0.1) is 5.82 Å². The molecule has 4 rings (SSSR count). The monoisotopic (exact) mass is 645 g/mol. The Labute approximate surface area is 262 Å². The molecule has 0 aliphatic heterocycles. The lowest BCUT2D eigenvalue weighted by Gasteiger charge is -2.34. The number of nitrogens with one attached hydrogen (secondary N) is 1. The summed E-state index contributed by atoms with van der Waals surface area (Å²) in [5.74, 6) is -1.02. The lowest BCUT2D eigenvalue weighted by molar-refractivity contribution is -0.140. The molecule has 0 bridgehead atoms. The standard InChI is InChI=1S/C32H37ClFN3O6S/c1-4-28(32(39)35-24-10-6-7-11-24)36(20-22-9-5-8-12-27(22)33)31(38)21-37(25-15-13-23(34)14-16-25)44(40,41)26-17-18-29(42-2)30(19-26)43-3/h5,8-9,12-19,24,28H,4,6-7,10-11,20-21H2,1-3H3,(H,35,39)/t28-/m0/s1. The van der Waals surface area contributed by atoms with E-state index in [9.17, 15) is 22.4 Å². The van der Waals surface area contributed by atoms with Crippen molar-refractivity contribution < 1.29 is 31.9 Å². The summed E-state index contributed by atoms with van der Waals surface area (Å²) in [7, 11) is -1.60. The average Bonchev–Trinajstić information content (AvgIpc) is 3.53. The minimum absolute atomic E-state index is 0.0231. The van der Waals surface area contributed by atoms with E-state index in [1.165, 1.54) is 49.5 Å². The van der Waals surface area contributed by atoms with Gasteiger partial charge in [0, 0.05) is 23.7 Å². The number of hydrogen-bond donors (Lipinski definition) is 1. The second kappa shape index (κ2) is 14.8. The lowest BCUT2D eigenvalue weighted by atomic mass is 10.1. The van der Waals surface area contributed by atoms with Crippen molar-refractivity contribution in [1.29, 1.82) is 0 Å². The van der Waals surface area contributed by atoms with Gasteiger partial charge in [-0.25, -0.2) is 12.8 Å². The Morgan fingerprint density at radius 1 is 1.00 bits per heavy atom. The Bertz CT molecular complexity index is 1560. The molecule has 0 heterocycles. The van der Waals surface area contributed by atoms with E-state index >= 15 is 0 Å². The van der Waals surface area contributed by atoms with Crippen molar-refractivity contribution in [2.45, 2.75) is 62.6 Å². The normalized spacial score (nSPS) is 14.1. The van der Waals surface area contributed by atoms with Gasteiger partial charge in [-0.05, 0) is 67.3 Å². The van der Waals surface area contributed by atoms with Gasteiger partial charge in [-0.3, -0.25) is 13.9 Å². The largest absolute Gasteiger partial charge is 0.493 e. The van der Waals surface area contributed by atoms with Crippen LogP contribution in [0.2, 0.25) is 5.02 Å². The molecule has 1 aliphatic rings. The zero-order valence-electron chi connectivity index (χ0n) is 25.0. The molecule has 2 amide bonds. The zero-order valence-corrected chi connectivity index (χ0v) is 26.5. The first-order valence-corrected chi connectivity index (χ1v) is 16.2. The summed E-state index contributed by atoms with van der Waals surface area (Å²) in [6.07, 6.45) is 4.05. The van der Waals surface area contributed by atoms with E-state index in [0.717, 1.165) is 42.1 Å². The number of anilines is 1. The van der Waals surface area contributed by atoms with Gasteiger partial charge in [-0.15, -0.1) is 0 Å². The van der Waals surface area contributed by atoms with Crippen LogP contribution in [0.15, 0.2) is 71.6 Å². The third-order valence-corrected chi connectivity index (χ3v) is 9.86. The van der Waals surface area contributed by atoms with Crippen molar-refractivity contribution >= 4 is 39.1 Å². The molecule has 0 radical (unpaired) electrons. The molecule has 9 nitrogen and oxygen atoms in total. The van der Waals surface area contributed by atoms with Crippen LogP contribution < -0.4 is 19.1 Å².